The summed E-state index contributed by atoms with van der Waals surface area (Å²) >= 11 is 3.29. The molecule has 0 aliphatic rings. The summed E-state index contributed by atoms with van der Waals surface area (Å²) in [4.78, 5) is 12.1. The first-order valence-electron chi connectivity index (χ1n) is 6.98. The third kappa shape index (κ3) is 6.31. The van der Waals surface area contributed by atoms with E-state index < -0.39 is 15.9 Å². The van der Waals surface area contributed by atoms with E-state index in [9.17, 15) is 13.2 Å². The monoisotopic (exact) mass is 403 g/mol. The zero-order chi connectivity index (χ0) is 17.8. The summed E-state index contributed by atoms with van der Waals surface area (Å²) in [6.45, 7) is 7.39. The van der Waals surface area contributed by atoms with Crippen molar-refractivity contribution in [3.8, 4) is 0 Å². The summed E-state index contributed by atoms with van der Waals surface area (Å²) in [6, 6.07) is 6.75. The third-order valence-corrected chi connectivity index (χ3v) is 4.85. The topological polar surface area (TPSA) is 78.8 Å². The molecule has 1 amide bonds. The molecule has 8 heteroatoms. The number of halogens is 1. The molecule has 6 nitrogen and oxygen atoms in total. The van der Waals surface area contributed by atoms with Crippen LogP contribution in [0.4, 0.5) is 5.69 Å². The molecule has 1 aromatic rings. The molecule has 0 saturated heterocycles. The summed E-state index contributed by atoms with van der Waals surface area (Å²) in [5, 5.41) is 4.03. The Morgan fingerprint density at radius 3 is 2.43 bits per heavy atom. The Hall–Kier alpha value is -1.41. The minimum absolute atomic E-state index is 0.173. The summed E-state index contributed by atoms with van der Waals surface area (Å²) in [5.41, 5.74) is 3.39. The lowest BCUT2D eigenvalue weighted by molar-refractivity contribution is -0.119. The Morgan fingerprint density at radius 1 is 1.35 bits per heavy atom. The molecule has 0 aromatic heterocycles. The molecule has 0 heterocycles. The Balaban J connectivity index is 2.94. The van der Waals surface area contributed by atoms with Crippen molar-refractivity contribution < 1.29 is 13.2 Å². The van der Waals surface area contributed by atoms with E-state index in [4.69, 9.17) is 0 Å². The molecule has 0 aliphatic carbocycles. The fourth-order valence-electron chi connectivity index (χ4n) is 1.51. The van der Waals surface area contributed by atoms with Crippen molar-refractivity contribution in [2.24, 2.45) is 10.5 Å². The number of anilines is 1. The molecule has 0 saturated carbocycles. The van der Waals surface area contributed by atoms with Gasteiger partial charge < -0.3 is 0 Å². The number of nitrogens with zero attached hydrogens (tertiary/aromatic N) is 2. The van der Waals surface area contributed by atoms with Crippen LogP contribution in [0.2, 0.25) is 0 Å². The van der Waals surface area contributed by atoms with Gasteiger partial charge in [-0.25, -0.2) is 13.8 Å². The first-order chi connectivity index (χ1) is 10.4. The maximum Gasteiger partial charge on any atom is 0.260 e. The molecule has 0 atom stereocenters. The van der Waals surface area contributed by atoms with Crippen molar-refractivity contribution in [2.75, 3.05) is 17.1 Å². The summed E-state index contributed by atoms with van der Waals surface area (Å²) < 4.78 is 25.7. The van der Waals surface area contributed by atoms with Gasteiger partial charge in [0.1, 0.15) is 6.54 Å². The first kappa shape index (κ1) is 19.6. The third-order valence-electron chi connectivity index (χ3n) is 3.22. The standard InChI is InChI=1S/C15H22BrN3O3S/c1-11(15(2,3)4)17-18-14(20)10-19(23(5,21)22)13-8-6-7-12(16)9-13/h6-9H,10H2,1-5H3,(H,18,20). The van der Waals surface area contributed by atoms with Gasteiger partial charge in [-0.05, 0) is 25.1 Å². The van der Waals surface area contributed by atoms with Crippen molar-refractivity contribution in [1.29, 1.82) is 0 Å². The lowest BCUT2D eigenvalue weighted by Crippen LogP contribution is -2.39. The van der Waals surface area contributed by atoms with Crippen molar-refractivity contribution in [2.45, 2.75) is 27.7 Å². The largest absolute Gasteiger partial charge is 0.271 e. The van der Waals surface area contributed by atoms with Crippen LogP contribution >= 0.6 is 15.9 Å². The predicted molar refractivity (Wildman–Crippen MR) is 97.0 cm³/mol. The van der Waals surface area contributed by atoms with Crippen LogP contribution in [0.3, 0.4) is 0 Å². The molecule has 1 aromatic carbocycles. The van der Waals surface area contributed by atoms with Gasteiger partial charge in [-0.15, -0.1) is 0 Å². The molecule has 0 radical (unpaired) electrons. The molecule has 128 valence electrons. The van der Waals surface area contributed by atoms with Gasteiger partial charge in [0.25, 0.3) is 5.91 Å². The van der Waals surface area contributed by atoms with E-state index >= 15 is 0 Å². The maximum atomic E-state index is 12.1. The summed E-state index contributed by atoms with van der Waals surface area (Å²) in [7, 11) is -3.59. The van der Waals surface area contributed by atoms with Gasteiger partial charge in [0.2, 0.25) is 10.0 Å². The van der Waals surface area contributed by atoms with E-state index in [-0.39, 0.29) is 12.0 Å². The number of benzene rings is 1. The molecule has 0 unspecified atom stereocenters. The van der Waals surface area contributed by atoms with Gasteiger partial charge in [0.05, 0.1) is 11.9 Å². The molecule has 0 spiro atoms. The summed E-state index contributed by atoms with van der Waals surface area (Å²) in [5.74, 6) is -0.501. The van der Waals surface area contributed by atoms with Gasteiger partial charge in [0, 0.05) is 15.6 Å². The van der Waals surface area contributed by atoms with Crippen LogP contribution in [0.5, 0.6) is 0 Å². The zero-order valence-corrected chi connectivity index (χ0v) is 16.3. The average Bonchev–Trinajstić information content (AvgIpc) is 2.39. The number of amides is 1. The van der Waals surface area contributed by atoms with Crippen LogP contribution in [0.25, 0.3) is 0 Å². The normalized spacial score (nSPS) is 12.9. The number of nitrogens with one attached hydrogen (secondary N) is 1. The van der Waals surface area contributed by atoms with Crippen molar-refractivity contribution in [1.82, 2.24) is 5.43 Å². The number of carbonyl (C=O) groups excluding carboxylic acids is 1. The molecule has 0 fully saturated rings. The molecule has 23 heavy (non-hydrogen) atoms. The molecule has 0 bridgehead atoms. The van der Waals surface area contributed by atoms with E-state index in [0.717, 1.165) is 20.7 Å². The lowest BCUT2D eigenvalue weighted by atomic mass is 9.91. The first-order valence-corrected chi connectivity index (χ1v) is 9.62. The highest BCUT2D eigenvalue weighted by molar-refractivity contribution is 9.10. The Morgan fingerprint density at radius 2 is 1.96 bits per heavy atom. The maximum absolute atomic E-state index is 12.1. The Labute approximate surface area is 146 Å². The number of hydrogen-bond acceptors (Lipinski definition) is 4. The number of hydrogen-bond donors (Lipinski definition) is 1. The Kier molecular flexibility index (Phi) is 6.35. The van der Waals surface area contributed by atoms with Crippen LogP contribution < -0.4 is 9.73 Å². The van der Waals surface area contributed by atoms with Crippen LogP contribution in [-0.4, -0.2) is 32.8 Å². The van der Waals surface area contributed by atoms with Crippen LogP contribution in [0, 0.1) is 5.41 Å². The van der Waals surface area contributed by atoms with Crippen molar-refractivity contribution in [3.63, 3.8) is 0 Å². The van der Waals surface area contributed by atoms with Crippen molar-refractivity contribution in [3.05, 3.63) is 28.7 Å². The predicted octanol–water partition coefficient (Wildman–Crippen LogP) is 2.75. The second-order valence-corrected chi connectivity index (χ2v) is 9.05. The molecular weight excluding hydrogens is 382 g/mol. The SMILES string of the molecule is CC(=NNC(=O)CN(c1cccc(Br)c1)S(C)(=O)=O)C(C)(C)C. The quantitative estimate of drug-likeness (QED) is 0.606. The Bertz CT molecular complexity index is 709. The van der Waals surface area contributed by atoms with Crippen molar-refractivity contribution >= 4 is 43.3 Å². The van der Waals surface area contributed by atoms with Crippen LogP contribution in [0.1, 0.15) is 27.7 Å². The van der Waals surface area contributed by atoms with Gasteiger partial charge in [0.15, 0.2) is 0 Å². The lowest BCUT2D eigenvalue weighted by Gasteiger charge is -2.22. The molecular formula is C15H22BrN3O3S. The van der Waals surface area contributed by atoms with E-state index in [2.05, 4.69) is 26.5 Å². The molecule has 0 aliphatic heterocycles. The van der Waals surface area contributed by atoms with Crippen LogP contribution in [-0.2, 0) is 14.8 Å². The minimum atomic E-state index is -3.59. The fourth-order valence-corrected chi connectivity index (χ4v) is 2.75. The second kappa shape index (κ2) is 7.44. The van der Waals surface area contributed by atoms with E-state index in [1.165, 1.54) is 0 Å². The number of hydrazone groups is 1. The van der Waals surface area contributed by atoms with Gasteiger partial charge in [-0.3, -0.25) is 9.10 Å². The van der Waals surface area contributed by atoms with E-state index in [1.54, 1.807) is 24.3 Å². The second-order valence-electron chi connectivity index (χ2n) is 6.23. The highest BCUT2D eigenvalue weighted by Gasteiger charge is 2.21. The summed E-state index contributed by atoms with van der Waals surface area (Å²) in [6.07, 6.45) is 1.06. The number of rotatable bonds is 5. The number of sulfonamides is 1. The smallest absolute Gasteiger partial charge is 0.260 e. The van der Waals surface area contributed by atoms with E-state index in [1.807, 2.05) is 27.7 Å². The number of carbonyl (C=O) groups is 1. The zero-order valence-electron chi connectivity index (χ0n) is 13.9. The van der Waals surface area contributed by atoms with E-state index in [0.29, 0.717) is 5.69 Å². The van der Waals surface area contributed by atoms with Crippen LogP contribution in [0.15, 0.2) is 33.8 Å². The van der Waals surface area contributed by atoms with Gasteiger partial charge in [-0.2, -0.15) is 5.10 Å². The molecule has 1 rings (SSSR count). The highest BCUT2D eigenvalue weighted by atomic mass is 79.9. The molecule has 1 N–H and O–H groups in total. The highest BCUT2D eigenvalue weighted by Crippen LogP contribution is 2.22. The minimum Gasteiger partial charge on any atom is -0.271 e. The van der Waals surface area contributed by atoms with Gasteiger partial charge in [-0.1, -0.05) is 42.8 Å². The average molecular weight is 404 g/mol. The fraction of sp³-hybridized carbons (Fsp3) is 0.467. The van der Waals surface area contributed by atoms with Gasteiger partial charge >= 0.3 is 0 Å².